The van der Waals surface area contributed by atoms with Crippen molar-refractivity contribution in [2.75, 3.05) is 0 Å². The van der Waals surface area contributed by atoms with E-state index in [1.807, 2.05) is 0 Å². The van der Waals surface area contributed by atoms with Gasteiger partial charge in [-0.3, -0.25) is 0 Å². The number of benzene rings is 2. The quantitative estimate of drug-likeness (QED) is 0.834. The van der Waals surface area contributed by atoms with Crippen molar-refractivity contribution >= 4 is 5.97 Å². The SMILES string of the molecule is Cc1ccc(C)c2c1CCCC2O.O=C(O)c1ccccc1. The number of aliphatic hydroxyl groups excluding tert-OH is 1. The summed E-state index contributed by atoms with van der Waals surface area (Å²) in [5, 5.41) is 18.3. The van der Waals surface area contributed by atoms with Gasteiger partial charge in [0, 0.05) is 0 Å². The zero-order valence-electron chi connectivity index (χ0n) is 13.0. The molecule has 0 radical (unpaired) electrons. The molecule has 3 heteroatoms. The maximum atomic E-state index is 10.2. The van der Waals surface area contributed by atoms with Crippen LogP contribution in [0.5, 0.6) is 0 Å². The standard InChI is InChI=1S/C12H16O.C7H6O2/c1-8-6-7-9(2)12-10(8)4-3-5-11(12)13;8-7(9)6-4-2-1-3-5-6/h6-7,11,13H,3-5H2,1-2H3;1-5H,(H,8,9). The Bertz CT molecular complexity index is 647. The van der Waals surface area contributed by atoms with Crippen molar-refractivity contribution < 1.29 is 15.0 Å². The van der Waals surface area contributed by atoms with Crippen LogP contribution in [0.2, 0.25) is 0 Å². The number of fused-ring (bicyclic) bond motifs is 1. The van der Waals surface area contributed by atoms with Crippen LogP contribution in [0.4, 0.5) is 0 Å². The predicted molar refractivity (Wildman–Crippen MR) is 87.2 cm³/mol. The van der Waals surface area contributed by atoms with Gasteiger partial charge in [-0.25, -0.2) is 4.79 Å². The average molecular weight is 298 g/mol. The molecule has 0 amide bonds. The van der Waals surface area contributed by atoms with Crippen LogP contribution in [0, 0.1) is 13.8 Å². The summed E-state index contributed by atoms with van der Waals surface area (Å²) in [6, 6.07) is 12.6. The molecule has 0 spiro atoms. The van der Waals surface area contributed by atoms with Crippen LogP contribution in [-0.4, -0.2) is 16.2 Å². The minimum atomic E-state index is -0.879. The summed E-state index contributed by atoms with van der Waals surface area (Å²) in [5.74, 6) is -0.879. The lowest BCUT2D eigenvalue weighted by atomic mass is 9.84. The third kappa shape index (κ3) is 3.74. The highest BCUT2D eigenvalue weighted by Gasteiger charge is 2.20. The van der Waals surface area contributed by atoms with Crippen molar-refractivity contribution in [1.29, 1.82) is 0 Å². The van der Waals surface area contributed by atoms with Crippen LogP contribution in [0.1, 0.15) is 51.6 Å². The molecule has 0 fully saturated rings. The Kier molecular flexibility index (Phi) is 5.34. The summed E-state index contributed by atoms with van der Waals surface area (Å²) in [6.07, 6.45) is 2.97. The average Bonchev–Trinajstić information content (AvgIpc) is 2.52. The Morgan fingerprint density at radius 1 is 1.05 bits per heavy atom. The van der Waals surface area contributed by atoms with E-state index in [2.05, 4.69) is 26.0 Å². The van der Waals surface area contributed by atoms with E-state index in [1.165, 1.54) is 22.3 Å². The fraction of sp³-hybridized carbons (Fsp3) is 0.316. The van der Waals surface area contributed by atoms with Crippen molar-refractivity contribution in [2.24, 2.45) is 0 Å². The normalized spacial score (nSPS) is 16.2. The van der Waals surface area contributed by atoms with Crippen molar-refractivity contribution in [3.8, 4) is 0 Å². The molecule has 1 atom stereocenters. The number of carboxylic acid groups (broad SMARTS) is 1. The highest BCUT2D eigenvalue weighted by Crippen LogP contribution is 2.33. The first-order chi connectivity index (χ1) is 10.5. The first-order valence-electron chi connectivity index (χ1n) is 7.56. The van der Waals surface area contributed by atoms with Gasteiger partial charge in [0.05, 0.1) is 11.7 Å². The van der Waals surface area contributed by atoms with Gasteiger partial charge < -0.3 is 10.2 Å². The number of hydrogen-bond acceptors (Lipinski definition) is 2. The minimum Gasteiger partial charge on any atom is -0.478 e. The van der Waals surface area contributed by atoms with E-state index >= 15 is 0 Å². The number of carbonyl (C=O) groups is 1. The van der Waals surface area contributed by atoms with Crippen molar-refractivity contribution in [3.05, 3.63) is 70.3 Å². The summed E-state index contributed by atoms with van der Waals surface area (Å²) in [4.78, 5) is 10.2. The molecule has 3 rings (SSSR count). The predicted octanol–water partition coefficient (Wildman–Crippen LogP) is 4.06. The monoisotopic (exact) mass is 298 g/mol. The molecule has 0 saturated carbocycles. The first-order valence-corrected chi connectivity index (χ1v) is 7.56. The highest BCUT2D eigenvalue weighted by molar-refractivity contribution is 5.87. The summed E-state index contributed by atoms with van der Waals surface area (Å²) in [6.45, 7) is 4.23. The third-order valence-electron chi connectivity index (χ3n) is 4.07. The molecule has 2 N–H and O–H groups in total. The number of hydrogen-bond donors (Lipinski definition) is 2. The molecule has 0 bridgehead atoms. The van der Waals surface area contributed by atoms with E-state index in [4.69, 9.17) is 5.11 Å². The fourth-order valence-corrected chi connectivity index (χ4v) is 2.88. The molecule has 0 saturated heterocycles. The molecule has 1 aliphatic carbocycles. The molecule has 3 nitrogen and oxygen atoms in total. The fourth-order valence-electron chi connectivity index (χ4n) is 2.88. The van der Waals surface area contributed by atoms with Crippen LogP contribution in [0.15, 0.2) is 42.5 Å². The topological polar surface area (TPSA) is 57.5 Å². The third-order valence-corrected chi connectivity index (χ3v) is 4.07. The molecule has 1 unspecified atom stereocenters. The van der Waals surface area contributed by atoms with Crippen LogP contribution in [0.25, 0.3) is 0 Å². The van der Waals surface area contributed by atoms with Gasteiger partial charge in [-0.1, -0.05) is 30.3 Å². The van der Waals surface area contributed by atoms with Gasteiger partial charge in [-0.2, -0.15) is 0 Å². The molecular formula is C19H22O3. The van der Waals surface area contributed by atoms with Gasteiger partial charge in [0.2, 0.25) is 0 Å². The summed E-state index contributed by atoms with van der Waals surface area (Å²) < 4.78 is 0. The van der Waals surface area contributed by atoms with Crippen molar-refractivity contribution in [2.45, 2.75) is 39.2 Å². The number of aromatic carboxylic acids is 1. The number of rotatable bonds is 1. The molecule has 0 heterocycles. The Labute approximate surface area is 131 Å². The highest BCUT2D eigenvalue weighted by atomic mass is 16.4. The summed E-state index contributed by atoms with van der Waals surface area (Å²) >= 11 is 0. The lowest BCUT2D eigenvalue weighted by molar-refractivity contribution is 0.0697. The maximum absolute atomic E-state index is 10.2. The first kappa shape index (κ1) is 16.2. The van der Waals surface area contributed by atoms with E-state index in [0.29, 0.717) is 5.56 Å². The van der Waals surface area contributed by atoms with Gasteiger partial charge in [0.1, 0.15) is 0 Å². The van der Waals surface area contributed by atoms with Crippen LogP contribution in [-0.2, 0) is 6.42 Å². The number of carboxylic acids is 1. The Balaban J connectivity index is 0.000000172. The minimum absolute atomic E-state index is 0.219. The van der Waals surface area contributed by atoms with Crippen LogP contribution in [0.3, 0.4) is 0 Å². The lowest BCUT2D eigenvalue weighted by Crippen LogP contribution is -2.12. The zero-order valence-corrected chi connectivity index (χ0v) is 13.0. The van der Waals surface area contributed by atoms with Gasteiger partial charge in [0.25, 0.3) is 0 Å². The van der Waals surface area contributed by atoms with Gasteiger partial charge >= 0.3 is 5.97 Å². The molecule has 1 aliphatic rings. The second kappa shape index (κ2) is 7.23. The molecule has 2 aromatic carbocycles. The van der Waals surface area contributed by atoms with E-state index in [1.54, 1.807) is 30.3 Å². The van der Waals surface area contributed by atoms with Gasteiger partial charge in [-0.05, 0) is 67.5 Å². The van der Waals surface area contributed by atoms with Gasteiger partial charge in [0.15, 0.2) is 0 Å². The number of aliphatic hydroxyl groups is 1. The molecular weight excluding hydrogens is 276 g/mol. The maximum Gasteiger partial charge on any atom is 0.335 e. The smallest absolute Gasteiger partial charge is 0.335 e. The van der Waals surface area contributed by atoms with E-state index in [-0.39, 0.29) is 6.10 Å². The Hall–Kier alpha value is -2.13. The van der Waals surface area contributed by atoms with Gasteiger partial charge in [-0.15, -0.1) is 0 Å². The molecule has 0 aromatic heterocycles. The van der Waals surface area contributed by atoms with Crippen LogP contribution >= 0.6 is 0 Å². The Morgan fingerprint density at radius 3 is 2.23 bits per heavy atom. The molecule has 22 heavy (non-hydrogen) atoms. The second-order valence-electron chi connectivity index (χ2n) is 5.67. The number of aryl methyl sites for hydroxylation is 2. The van der Waals surface area contributed by atoms with E-state index in [0.717, 1.165) is 19.3 Å². The lowest BCUT2D eigenvalue weighted by Gasteiger charge is -2.24. The molecule has 0 aliphatic heterocycles. The van der Waals surface area contributed by atoms with E-state index in [9.17, 15) is 9.90 Å². The molecule has 116 valence electrons. The van der Waals surface area contributed by atoms with Crippen molar-refractivity contribution in [1.82, 2.24) is 0 Å². The summed E-state index contributed by atoms with van der Waals surface area (Å²) in [5.41, 5.74) is 5.50. The largest absolute Gasteiger partial charge is 0.478 e. The second-order valence-corrected chi connectivity index (χ2v) is 5.67. The Morgan fingerprint density at radius 2 is 1.68 bits per heavy atom. The van der Waals surface area contributed by atoms with E-state index < -0.39 is 5.97 Å². The molecule has 2 aromatic rings. The summed E-state index contributed by atoms with van der Waals surface area (Å²) in [7, 11) is 0. The van der Waals surface area contributed by atoms with Crippen LogP contribution < -0.4 is 0 Å². The van der Waals surface area contributed by atoms with Crippen molar-refractivity contribution in [3.63, 3.8) is 0 Å². The zero-order chi connectivity index (χ0) is 16.1.